The second-order valence-electron chi connectivity index (χ2n) is 5.83. The number of nitrogens with one attached hydrogen (secondary N) is 1. The molecule has 0 amide bonds. The Labute approximate surface area is 119 Å². The molecule has 4 nitrogen and oxygen atoms in total. The quantitative estimate of drug-likeness (QED) is 0.716. The van der Waals surface area contributed by atoms with E-state index in [4.69, 9.17) is 9.84 Å². The van der Waals surface area contributed by atoms with Gasteiger partial charge in [-0.1, -0.05) is 0 Å². The smallest absolute Gasteiger partial charge is 0.335 e. The number of hydrogen-bond donors (Lipinski definition) is 2. The van der Waals surface area contributed by atoms with Crippen LogP contribution in [-0.2, 0) is 0 Å². The predicted molar refractivity (Wildman–Crippen MR) is 76.1 cm³/mol. The summed E-state index contributed by atoms with van der Waals surface area (Å²) in [4.78, 5) is 10.7. The first-order valence-corrected chi connectivity index (χ1v) is 7.43. The minimum atomic E-state index is -0.907. The third-order valence-corrected chi connectivity index (χ3v) is 4.11. The van der Waals surface area contributed by atoms with Gasteiger partial charge in [0.2, 0.25) is 0 Å². The third kappa shape index (κ3) is 3.51. The summed E-state index contributed by atoms with van der Waals surface area (Å²) < 4.78 is 5.64. The van der Waals surface area contributed by atoms with Crippen LogP contribution in [0.2, 0.25) is 0 Å². The molecule has 2 fully saturated rings. The fraction of sp³-hybridized carbons (Fsp3) is 0.562. The summed E-state index contributed by atoms with van der Waals surface area (Å²) in [6.07, 6.45) is 5.52. The van der Waals surface area contributed by atoms with E-state index >= 15 is 0 Å². The van der Waals surface area contributed by atoms with Crippen LogP contribution < -0.4 is 10.1 Å². The number of carboxylic acids is 1. The van der Waals surface area contributed by atoms with Crippen LogP contribution >= 0.6 is 0 Å². The first kappa shape index (κ1) is 13.4. The lowest BCUT2D eigenvalue weighted by molar-refractivity contribution is 0.0697. The van der Waals surface area contributed by atoms with Crippen LogP contribution in [0.3, 0.4) is 0 Å². The molecular formula is C16H21NO3. The first-order valence-electron chi connectivity index (χ1n) is 7.43. The number of rotatable bonds is 8. The minimum Gasteiger partial charge on any atom is -0.492 e. The monoisotopic (exact) mass is 275 g/mol. The van der Waals surface area contributed by atoms with E-state index in [0.717, 1.165) is 24.1 Å². The molecule has 2 aliphatic rings. The lowest BCUT2D eigenvalue weighted by Crippen LogP contribution is -2.36. The lowest BCUT2D eigenvalue weighted by Gasteiger charge is -2.17. The summed E-state index contributed by atoms with van der Waals surface area (Å²) in [5.74, 6) is 1.62. The molecule has 0 atom stereocenters. The highest BCUT2D eigenvalue weighted by Gasteiger charge is 2.40. The van der Waals surface area contributed by atoms with Crippen LogP contribution in [-0.4, -0.2) is 30.3 Å². The van der Waals surface area contributed by atoms with Gasteiger partial charge in [-0.3, -0.25) is 0 Å². The van der Waals surface area contributed by atoms with Crippen molar-refractivity contribution in [1.82, 2.24) is 5.32 Å². The average molecular weight is 275 g/mol. The second-order valence-corrected chi connectivity index (χ2v) is 5.83. The highest BCUT2D eigenvalue weighted by molar-refractivity contribution is 5.87. The van der Waals surface area contributed by atoms with Crippen molar-refractivity contribution < 1.29 is 14.6 Å². The maximum atomic E-state index is 10.7. The number of carboxylic acid groups (broad SMARTS) is 1. The van der Waals surface area contributed by atoms with Gasteiger partial charge in [0.05, 0.1) is 5.56 Å². The Morgan fingerprint density at radius 1 is 1.20 bits per heavy atom. The molecule has 0 unspecified atom stereocenters. The van der Waals surface area contributed by atoms with E-state index < -0.39 is 5.97 Å². The van der Waals surface area contributed by atoms with Gasteiger partial charge in [0.1, 0.15) is 12.4 Å². The maximum Gasteiger partial charge on any atom is 0.335 e. The SMILES string of the molecule is O=C(O)c1ccc(OCCNC(C2CC2)C2CC2)cc1. The largest absolute Gasteiger partial charge is 0.492 e. The van der Waals surface area contributed by atoms with E-state index in [-0.39, 0.29) is 5.56 Å². The zero-order valence-electron chi connectivity index (χ0n) is 11.5. The number of benzene rings is 1. The van der Waals surface area contributed by atoms with Crippen LogP contribution in [0.25, 0.3) is 0 Å². The molecule has 0 radical (unpaired) electrons. The van der Waals surface area contributed by atoms with Crippen molar-refractivity contribution in [2.45, 2.75) is 31.7 Å². The van der Waals surface area contributed by atoms with E-state index in [0.29, 0.717) is 12.6 Å². The zero-order chi connectivity index (χ0) is 13.9. The van der Waals surface area contributed by atoms with Crippen LogP contribution in [0.15, 0.2) is 24.3 Å². The molecule has 2 aliphatic carbocycles. The molecule has 2 N–H and O–H groups in total. The Morgan fingerprint density at radius 2 is 1.80 bits per heavy atom. The standard InChI is InChI=1S/C16H21NO3/c18-16(19)13-5-7-14(8-6-13)20-10-9-17-15(11-1-2-11)12-3-4-12/h5-8,11-12,15,17H,1-4,9-10H2,(H,18,19). The summed E-state index contributed by atoms with van der Waals surface area (Å²) in [6.45, 7) is 1.49. The van der Waals surface area contributed by atoms with Crippen molar-refractivity contribution in [3.63, 3.8) is 0 Å². The van der Waals surface area contributed by atoms with Crippen molar-refractivity contribution in [3.8, 4) is 5.75 Å². The van der Waals surface area contributed by atoms with Crippen LogP contribution in [0, 0.1) is 11.8 Å². The molecule has 0 bridgehead atoms. The van der Waals surface area contributed by atoms with Crippen molar-refractivity contribution in [2.75, 3.05) is 13.2 Å². The predicted octanol–water partition coefficient (Wildman–Crippen LogP) is 2.54. The van der Waals surface area contributed by atoms with Gasteiger partial charge in [-0.2, -0.15) is 0 Å². The van der Waals surface area contributed by atoms with Gasteiger partial charge in [-0.25, -0.2) is 4.79 Å². The van der Waals surface area contributed by atoms with Gasteiger partial charge in [-0.05, 0) is 61.8 Å². The Balaban J connectivity index is 1.39. The second kappa shape index (κ2) is 5.83. The molecule has 0 heterocycles. The molecule has 4 heteroatoms. The van der Waals surface area contributed by atoms with E-state index in [1.54, 1.807) is 24.3 Å². The van der Waals surface area contributed by atoms with Crippen LogP contribution in [0.5, 0.6) is 5.75 Å². The number of hydrogen-bond acceptors (Lipinski definition) is 3. The van der Waals surface area contributed by atoms with Crippen LogP contribution in [0.1, 0.15) is 36.0 Å². The van der Waals surface area contributed by atoms with Crippen molar-refractivity contribution in [3.05, 3.63) is 29.8 Å². The fourth-order valence-electron chi connectivity index (χ4n) is 2.72. The average Bonchev–Trinajstić information content (AvgIpc) is 3.32. The van der Waals surface area contributed by atoms with Crippen LogP contribution in [0.4, 0.5) is 0 Å². The normalized spacial score (nSPS) is 18.2. The fourth-order valence-corrected chi connectivity index (χ4v) is 2.72. The first-order chi connectivity index (χ1) is 9.74. The Kier molecular flexibility index (Phi) is 3.92. The highest BCUT2D eigenvalue weighted by atomic mass is 16.5. The Bertz CT molecular complexity index is 451. The lowest BCUT2D eigenvalue weighted by atomic mass is 10.1. The van der Waals surface area contributed by atoms with Gasteiger partial charge in [0, 0.05) is 12.6 Å². The Morgan fingerprint density at radius 3 is 2.30 bits per heavy atom. The third-order valence-electron chi connectivity index (χ3n) is 4.11. The molecule has 1 aromatic carbocycles. The zero-order valence-corrected chi connectivity index (χ0v) is 11.5. The van der Waals surface area contributed by atoms with E-state index in [1.165, 1.54) is 25.7 Å². The van der Waals surface area contributed by atoms with Gasteiger partial charge < -0.3 is 15.2 Å². The van der Waals surface area contributed by atoms with Crippen molar-refractivity contribution in [1.29, 1.82) is 0 Å². The molecule has 20 heavy (non-hydrogen) atoms. The summed E-state index contributed by atoms with van der Waals surface area (Å²) in [5, 5.41) is 12.4. The minimum absolute atomic E-state index is 0.290. The van der Waals surface area contributed by atoms with E-state index in [2.05, 4.69) is 5.32 Å². The molecular weight excluding hydrogens is 254 g/mol. The van der Waals surface area contributed by atoms with Gasteiger partial charge >= 0.3 is 5.97 Å². The van der Waals surface area contributed by atoms with Gasteiger partial charge in [0.15, 0.2) is 0 Å². The summed E-state index contributed by atoms with van der Waals surface area (Å²) >= 11 is 0. The maximum absolute atomic E-state index is 10.7. The number of aromatic carboxylic acids is 1. The van der Waals surface area contributed by atoms with E-state index in [1.807, 2.05) is 0 Å². The van der Waals surface area contributed by atoms with Crippen molar-refractivity contribution in [2.24, 2.45) is 11.8 Å². The van der Waals surface area contributed by atoms with E-state index in [9.17, 15) is 4.79 Å². The molecule has 0 aromatic heterocycles. The summed E-state index contributed by atoms with van der Waals surface area (Å²) in [5.41, 5.74) is 0.290. The Hall–Kier alpha value is -1.55. The topological polar surface area (TPSA) is 58.6 Å². The molecule has 3 rings (SSSR count). The molecule has 0 aliphatic heterocycles. The molecule has 0 spiro atoms. The molecule has 0 saturated heterocycles. The molecule has 2 saturated carbocycles. The number of carbonyl (C=O) groups is 1. The molecule has 108 valence electrons. The summed E-state index contributed by atoms with van der Waals surface area (Å²) in [7, 11) is 0. The van der Waals surface area contributed by atoms with Gasteiger partial charge in [0.25, 0.3) is 0 Å². The van der Waals surface area contributed by atoms with Gasteiger partial charge in [-0.15, -0.1) is 0 Å². The number of ether oxygens (including phenoxy) is 1. The summed E-state index contributed by atoms with van der Waals surface area (Å²) in [6, 6.07) is 7.27. The molecule has 1 aromatic rings. The highest BCUT2D eigenvalue weighted by Crippen LogP contribution is 2.44. The van der Waals surface area contributed by atoms with Crippen molar-refractivity contribution >= 4 is 5.97 Å².